The van der Waals surface area contributed by atoms with Crippen molar-refractivity contribution >= 4 is 11.8 Å². The van der Waals surface area contributed by atoms with Gasteiger partial charge in [0.25, 0.3) is 0 Å². The van der Waals surface area contributed by atoms with E-state index in [0.29, 0.717) is 5.92 Å². The highest BCUT2D eigenvalue weighted by Gasteiger charge is 2.25. The van der Waals surface area contributed by atoms with Crippen LogP contribution in [0, 0.1) is 6.92 Å². The highest BCUT2D eigenvalue weighted by Crippen LogP contribution is 2.27. The molecular formula is C18H30N6S. The quantitative estimate of drug-likeness (QED) is 0.758. The van der Waals surface area contributed by atoms with Crippen LogP contribution in [-0.2, 0) is 13.6 Å². The molecule has 2 aromatic heterocycles. The molecule has 0 aromatic carbocycles. The first-order valence-electron chi connectivity index (χ1n) is 9.24. The predicted molar refractivity (Wildman–Crippen MR) is 103 cm³/mol. The number of piperidine rings is 1. The second-order valence-corrected chi connectivity index (χ2v) is 8.86. The summed E-state index contributed by atoms with van der Waals surface area (Å²) in [5.41, 5.74) is 0. The Bertz CT molecular complexity index is 669. The SMILES string of the molecule is Cc1nccn1Cc1nnc(C2CCN(CCSC(C)C)CC2)n1C. The molecule has 0 amide bonds. The van der Waals surface area contributed by atoms with Gasteiger partial charge in [-0.3, -0.25) is 0 Å². The van der Waals surface area contributed by atoms with Gasteiger partial charge in [-0.2, -0.15) is 11.8 Å². The van der Waals surface area contributed by atoms with Gasteiger partial charge in [0.05, 0.1) is 6.54 Å². The molecule has 0 saturated carbocycles. The zero-order chi connectivity index (χ0) is 17.8. The summed E-state index contributed by atoms with van der Waals surface area (Å²) in [7, 11) is 2.10. The fraction of sp³-hybridized carbons (Fsp3) is 0.722. The fourth-order valence-corrected chi connectivity index (χ4v) is 4.26. The summed E-state index contributed by atoms with van der Waals surface area (Å²) < 4.78 is 4.30. The summed E-state index contributed by atoms with van der Waals surface area (Å²) in [4.78, 5) is 6.88. The molecule has 0 radical (unpaired) electrons. The highest BCUT2D eigenvalue weighted by molar-refractivity contribution is 7.99. The number of nitrogens with zero attached hydrogens (tertiary/aromatic N) is 6. The summed E-state index contributed by atoms with van der Waals surface area (Å²) in [5.74, 6) is 4.93. The third-order valence-electron chi connectivity index (χ3n) is 5.05. The maximum Gasteiger partial charge on any atom is 0.152 e. The number of likely N-dealkylation sites (tertiary alicyclic amines) is 1. The number of hydrogen-bond acceptors (Lipinski definition) is 5. The van der Waals surface area contributed by atoms with Crippen molar-refractivity contribution in [2.75, 3.05) is 25.4 Å². The molecule has 0 aliphatic carbocycles. The second-order valence-electron chi connectivity index (χ2n) is 7.17. The molecule has 0 unspecified atom stereocenters. The van der Waals surface area contributed by atoms with E-state index in [9.17, 15) is 0 Å². The summed E-state index contributed by atoms with van der Waals surface area (Å²) >= 11 is 2.06. The van der Waals surface area contributed by atoms with Crippen molar-refractivity contribution in [2.45, 2.75) is 51.3 Å². The van der Waals surface area contributed by atoms with Crippen molar-refractivity contribution in [1.29, 1.82) is 0 Å². The molecule has 0 N–H and O–H groups in total. The van der Waals surface area contributed by atoms with E-state index in [-0.39, 0.29) is 0 Å². The van der Waals surface area contributed by atoms with E-state index in [1.807, 2.05) is 19.3 Å². The van der Waals surface area contributed by atoms with Crippen molar-refractivity contribution in [2.24, 2.45) is 7.05 Å². The van der Waals surface area contributed by atoms with Gasteiger partial charge >= 0.3 is 0 Å². The van der Waals surface area contributed by atoms with Crippen LogP contribution in [0.1, 0.15) is 50.1 Å². The van der Waals surface area contributed by atoms with E-state index in [0.717, 1.165) is 29.3 Å². The standard InChI is InChI=1S/C18H30N6S/c1-14(2)25-12-11-23-8-5-16(6-9-23)18-21-20-17(22(18)4)13-24-10-7-19-15(24)3/h7,10,14,16H,5-6,8-9,11-13H2,1-4H3. The molecule has 138 valence electrons. The van der Waals surface area contributed by atoms with Crippen LogP contribution in [0.2, 0.25) is 0 Å². The third kappa shape index (κ3) is 4.64. The molecule has 0 atom stereocenters. The van der Waals surface area contributed by atoms with Crippen LogP contribution in [-0.4, -0.2) is 59.9 Å². The molecule has 0 bridgehead atoms. The maximum atomic E-state index is 4.52. The monoisotopic (exact) mass is 362 g/mol. The lowest BCUT2D eigenvalue weighted by Crippen LogP contribution is -2.35. The van der Waals surface area contributed by atoms with E-state index in [4.69, 9.17) is 0 Å². The van der Waals surface area contributed by atoms with E-state index < -0.39 is 0 Å². The molecule has 1 fully saturated rings. The van der Waals surface area contributed by atoms with Gasteiger partial charge < -0.3 is 14.0 Å². The van der Waals surface area contributed by atoms with Crippen molar-refractivity contribution in [3.05, 3.63) is 29.9 Å². The molecule has 2 aromatic rings. The van der Waals surface area contributed by atoms with Crippen LogP contribution < -0.4 is 0 Å². The first-order chi connectivity index (χ1) is 12.0. The van der Waals surface area contributed by atoms with E-state index in [1.165, 1.54) is 38.2 Å². The summed E-state index contributed by atoms with van der Waals surface area (Å²) in [6, 6.07) is 0. The molecule has 6 nitrogen and oxygen atoms in total. The minimum atomic E-state index is 0.532. The van der Waals surface area contributed by atoms with Gasteiger partial charge in [0.2, 0.25) is 0 Å². The van der Waals surface area contributed by atoms with Gasteiger partial charge in [0.15, 0.2) is 5.82 Å². The Morgan fingerprint density at radius 3 is 2.64 bits per heavy atom. The number of aromatic nitrogens is 5. The van der Waals surface area contributed by atoms with Gasteiger partial charge in [0, 0.05) is 37.7 Å². The van der Waals surface area contributed by atoms with Gasteiger partial charge in [-0.1, -0.05) is 13.8 Å². The Labute approximate surface area is 155 Å². The predicted octanol–water partition coefficient (Wildman–Crippen LogP) is 2.69. The second kappa shape index (κ2) is 8.36. The Kier molecular flexibility index (Phi) is 6.17. The van der Waals surface area contributed by atoms with Gasteiger partial charge in [-0.25, -0.2) is 4.98 Å². The minimum absolute atomic E-state index is 0.532. The lowest BCUT2D eigenvalue weighted by atomic mass is 9.96. The topological polar surface area (TPSA) is 51.8 Å². The first kappa shape index (κ1) is 18.5. The molecule has 1 saturated heterocycles. The first-order valence-corrected chi connectivity index (χ1v) is 10.3. The average molecular weight is 363 g/mol. The Morgan fingerprint density at radius 2 is 2.00 bits per heavy atom. The Morgan fingerprint density at radius 1 is 1.24 bits per heavy atom. The van der Waals surface area contributed by atoms with E-state index in [2.05, 4.69) is 61.9 Å². The molecule has 3 rings (SSSR count). The van der Waals surface area contributed by atoms with Crippen LogP contribution in [0.15, 0.2) is 12.4 Å². The van der Waals surface area contributed by atoms with E-state index >= 15 is 0 Å². The number of rotatable bonds is 7. The summed E-state index contributed by atoms with van der Waals surface area (Å²) in [5, 5.41) is 9.69. The smallest absolute Gasteiger partial charge is 0.152 e. The Balaban J connectivity index is 1.54. The summed E-state index contributed by atoms with van der Waals surface area (Å²) in [6.07, 6.45) is 6.20. The molecule has 3 heterocycles. The molecule has 1 aliphatic heterocycles. The summed E-state index contributed by atoms with van der Waals surface area (Å²) in [6.45, 7) is 10.9. The zero-order valence-corrected chi connectivity index (χ0v) is 16.7. The average Bonchev–Trinajstić information content (AvgIpc) is 3.15. The van der Waals surface area contributed by atoms with Crippen molar-refractivity contribution in [1.82, 2.24) is 29.2 Å². The lowest BCUT2D eigenvalue weighted by molar-refractivity contribution is 0.219. The van der Waals surface area contributed by atoms with Crippen molar-refractivity contribution < 1.29 is 0 Å². The van der Waals surface area contributed by atoms with Crippen LogP contribution in [0.4, 0.5) is 0 Å². The van der Waals surface area contributed by atoms with Gasteiger partial charge in [-0.15, -0.1) is 10.2 Å². The largest absolute Gasteiger partial charge is 0.328 e. The number of thioether (sulfide) groups is 1. The Hall–Kier alpha value is -1.34. The highest BCUT2D eigenvalue weighted by atomic mass is 32.2. The van der Waals surface area contributed by atoms with Crippen LogP contribution in [0.3, 0.4) is 0 Å². The molecule has 25 heavy (non-hydrogen) atoms. The zero-order valence-electron chi connectivity index (χ0n) is 15.9. The molecule has 7 heteroatoms. The molecular weight excluding hydrogens is 332 g/mol. The lowest BCUT2D eigenvalue weighted by Gasteiger charge is -2.31. The third-order valence-corrected chi connectivity index (χ3v) is 6.13. The number of aryl methyl sites for hydroxylation is 1. The van der Waals surface area contributed by atoms with Gasteiger partial charge in [0.1, 0.15) is 11.6 Å². The maximum absolute atomic E-state index is 4.52. The van der Waals surface area contributed by atoms with Crippen molar-refractivity contribution in [3.63, 3.8) is 0 Å². The molecule has 0 spiro atoms. The molecule has 1 aliphatic rings. The van der Waals surface area contributed by atoms with Crippen LogP contribution >= 0.6 is 11.8 Å². The number of hydrogen-bond donors (Lipinski definition) is 0. The van der Waals surface area contributed by atoms with Gasteiger partial charge in [-0.05, 0) is 38.1 Å². The van der Waals surface area contributed by atoms with Crippen LogP contribution in [0.5, 0.6) is 0 Å². The number of imidazole rings is 1. The minimum Gasteiger partial charge on any atom is -0.328 e. The normalized spacial score (nSPS) is 16.8. The fourth-order valence-electron chi connectivity index (χ4n) is 3.42. The van der Waals surface area contributed by atoms with E-state index in [1.54, 1.807) is 0 Å². The van der Waals surface area contributed by atoms with Crippen molar-refractivity contribution in [3.8, 4) is 0 Å². The van der Waals surface area contributed by atoms with Crippen LogP contribution in [0.25, 0.3) is 0 Å².